The fraction of sp³-hybridized carbons (Fsp3) is 0.556. The molecule has 2 rings (SSSR count). The first kappa shape index (κ1) is 18.3. The van der Waals surface area contributed by atoms with Crippen LogP contribution in [0, 0.1) is 0 Å². The molecule has 1 aliphatic heterocycles. The molecule has 24 heavy (non-hydrogen) atoms. The average Bonchev–Trinajstić information content (AvgIpc) is 2.75. The van der Waals surface area contributed by atoms with Gasteiger partial charge in [-0.05, 0) is 40.3 Å². The van der Waals surface area contributed by atoms with Crippen LogP contribution in [0.25, 0.3) is 0 Å². The summed E-state index contributed by atoms with van der Waals surface area (Å²) in [4.78, 5) is 27.5. The van der Waals surface area contributed by atoms with Crippen LogP contribution in [-0.4, -0.2) is 54.5 Å². The Bertz CT molecular complexity index is 615. The van der Waals surface area contributed by atoms with E-state index in [1.54, 1.807) is 21.0 Å². The summed E-state index contributed by atoms with van der Waals surface area (Å²) < 4.78 is 5.42. The predicted octanol–water partition coefficient (Wildman–Crippen LogP) is 2.41. The van der Waals surface area contributed by atoms with Gasteiger partial charge >= 0.3 is 6.03 Å². The van der Waals surface area contributed by atoms with Gasteiger partial charge in [0.2, 0.25) is 0 Å². The highest BCUT2D eigenvalue weighted by molar-refractivity contribution is 6.06. The number of para-hydroxylation sites is 1. The summed E-state index contributed by atoms with van der Waals surface area (Å²) in [6.45, 7) is 6.77. The third-order valence-electron chi connectivity index (χ3n) is 4.59. The Morgan fingerprint density at radius 3 is 2.54 bits per heavy atom. The second-order valence-electron chi connectivity index (χ2n) is 6.76. The summed E-state index contributed by atoms with van der Waals surface area (Å²) in [5.41, 5.74) is 0.326. The molecule has 1 saturated heterocycles. The normalized spacial score (nSPS) is 18.0. The van der Waals surface area contributed by atoms with Gasteiger partial charge in [0.15, 0.2) is 0 Å². The highest BCUT2D eigenvalue weighted by Gasteiger charge is 2.43. The van der Waals surface area contributed by atoms with Crippen molar-refractivity contribution in [1.29, 1.82) is 0 Å². The lowest BCUT2D eigenvalue weighted by Gasteiger charge is -2.27. The molecule has 1 heterocycles. The maximum absolute atomic E-state index is 12.2. The maximum atomic E-state index is 12.2. The Kier molecular flexibility index (Phi) is 5.49. The zero-order valence-electron chi connectivity index (χ0n) is 15.1. The molecule has 0 aromatic heterocycles. The molecule has 1 atom stereocenters. The van der Waals surface area contributed by atoms with E-state index in [0.29, 0.717) is 6.54 Å². The smallest absolute Gasteiger partial charge is 0.325 e. The Balaban J connectivity index is 1.90. The van der Waals surface area contributed by atoms with E-state index in [1.807, 2.05) is 25.2 Å². The standard InChI is InChI=1S/C18H27N3O3/c1-13(14-9-6-7-10-15(14)24-5)20(4)11-8-12-21-16(22)18(2,3)19-17(21)23/h6-7,9-10,13H,8,11-12H2,1-5H3,(H,19,23)/t13-/m0/s1. The molecule has 0 spiro atoms. The highest BCUT2D eigenvalue weighted by Crippen LogP contribution is 2.28. The zero-order valence-corrected chi connectivity index (χ0v) is 15.1. The number of benzene rings is 1. The van der Waals surface area contributed by atoms with Gasteiger partial charge in [0.05, 0.1) is 7.11 Å². The van der Waals surface area contributed by atoms with Crippen LogP contribution in [0.2, 0.25) is 0 Å². The summed E-state index contributed by atoms with van der Waals surface area (Å²) >= 11 is 0. The molecule has 3 amide bonds. The molecule has 6 heteroatoms. The fourth-order valence-corrected chi connectivity index (χ4v) is 2.94. The van der Waals surface area contributed by atoms with Gasteiger partial charge in [-0.3, -0.25) is 14.6 Å². The lowest BCUT2D eigenvalue weighted by atomic mass is 10.1. The van der Waals surface area contributed by atoms with Crippen molar-refractivity contribution in [1.82, 2.24) is 15.1 Å². The van der Waals surface area contributed by atoms with Crippen molar-refractivity contribution in [2.24, 2.45) is 0 Å². The van der Waals surface area contributed by atoms with E-state index in [0.717, 1.165) is 24.3 Å². The lowest BCUT2D eigenvalue weighted by molar-refractivity contribution is -0.130. The van der Waals surface area contributed by atoms with Gasteiger partial charge in [-0.15, -0.1) is 0 Å². The van der Waals surface area contributed by atoms with Gasteiger partial charge in [-0.1, -0.05) is 18.2 Å². The number of methoxy groups -OCH3 is 1. The van der Waals surface area contributed by atoms with Crippen LogP contribution >= 0.6 is 0 Å². The summed E-state index contributed by atoms with van der Waals surface area (Å²) in [5.74, 6) is 0.709. The van der Waals surface area contributed by atoms with Gasteiger partial charge < -0.3 is 10.1 Å². The molecule has 0 aliphatic carbocycles. The lowest BCUT2D eigenvalue weighted by Crippen LogP contribution is -2.40. The summed E-state index contributed by atoms with van der Waals surface area (Å²) in [7, 11) is 3.71. The SMILES string of the molecule is COc1ccccc1[C@H](C)N(C)CCCN1C(=O)NC(C)(C)C1=O. The van der Waals surface area contributed by atoms with Crippen LogP contribution in [-0.2, 0) is 4.79 Å². The molecule has 1 aromatic rings. The second-order valence-corrected chi connectivity index (χ2v) is 6.76. The number of nitrogens with zero attached hydrogens (tertiary/aromatic N) is 2. The molecule has 1 aliphatic rings. The van der Waals surface area contributed by atoms with E-state index in [9.17, 15) is 9.59 Å². The quantitative estimate of drug-likeness (QED) is 0.779. The molecule has 132 valence electrons. The number of hydrogen-bond acceptors (Lipinski definition) is 4. The number of imide groups is 1. The van der Waals surface area contributed by atoms with Crippen LogP contribution in [0.5, 0.6) is 5.75 Å². The number of nitrogens with one attached hydrogen (secondary N) is 1. The molecule has 6 nitrogen and oxygen atoms in total. The van der Waals surface area contributed by atoms with E-state index in [-0.39, 0.29) is 18.0 Å². The zero-order chi connectivity index (χ0) is 17.9. The van der Waals surface area contributed by atoms with Gasteiger partial charge in [0.1, 0.15) is 11.3 Å². The minimum atomic E-state index is -0.798. The summed E-state index contributed by atoms with van der Waals surface area (Å²) in [6.07, 6.45) is 0.727. The molecular formula is C18H27N3O3. The van der Waals surface area contributed by atoms with E-state index in [1.165, 1.54) is 4.90 Å². The van der Waals surface area contributed by atoms with Crippen LogP contribution in [0.3, 0.4) is 0 Å². The minimum absolute atomic E-state index is 0.159. The molecule has 0 saturated carbocycles. The van der Waals surface area contributed by atoms with E-state index < -0.39 is 5.54 Å². The molecule has 0 bridgehead atoms. The topological polar surface area (TPSA) is 61.9 Å². The Morgan fingerprint density at radius 2 is 1.96 bits per heavy atom. The molecule has 1 fully saturated rings. The van der Waals surface area contributed by atoms with Crippen LogP contribution in [0.15, 0.2) is 24.3 Å². The van der Waals surface area contributed by atoms with Gasteiger partial charge in [0.25, 0.3) is 5.91 Å². The van der Waals surface area contributed by atoms with Crippen LogP contribution in [0.1, 0.15) is 38.8 Å². The molecule has 1 aromatic carbocycles. The number of hydrogen-bond donors (Lipinski definition) is 1. The number of urea groups is 1. The van der Waals surface area contributed by atoms with Crippen molar-refractivity contribution >= 4 is 11.9 Å². The third-order valence-corrected chi connectivity index (χ3v) is 4.59. The number of rotatable bonds is 7. The Labute approximate surface area is 143 Å². The molecule has 1 N–H and O–H groups in total. The van der Waals surface area contributed by atoms with Crippen LogP contribution in [0.4, 0.5) is 4.79 Å². The van der Waals surface area contributed by atoms with Crippen molar-refractivity contribution in [3.05, 3.63) is 29.8 Å². The van der Waals surface area contributed by atoms with Crippen molar-refractivity contribution in [3.8, 4) is 5.75 Å². The number of carbonyl (C=O) groups excluding carboxylic acids is 2. The van der Waals surface area contributed by atoms with Gasteiger partial charge in [-0.2, -0.15) is 0 Å². The highest BCUT2D eigenvalue weighted by atomic mass is 16.5. The summed E-state index contributed by atoms with van der Waals surface area (Å²) in [5, 5.41) is 2.70. The van der Waals surface area contributed by atoms with Crippen molar-refractivity contribution in [2.75, 3.05) is 27.2 Å². The van der Waals surface area contributed by atoms with Crippen molar-refractivity contribution < 1.29 is 14.3 Å². The van der Waals surface area contributed by atoms with E-state index in [2.05, 4.69) is 23.2 Å². The predicted molar refractivity (Wildman–Crippen MR) is 93.0 cm³/mol. The Morgan fingerprint density at radius 1 is 1.29 bits per heavy atom. The van der Waals surface area contributed by atoms with Gasteiger partial charge in [-0.25, -0.2) is 4.79 Å². The first-order valence-electron chi connectivity index (χ1n) is 8.25. The molecular weight excluding hydrogens is 306 g/mol. The van der Waals surface area contributed by atoms with E-state index in [4.69, 9.17) is 4.74 Å². The van der Waals surface area contributed by atoms with E-state index >= 15 is 0 Å². The fourth-order valence-electron chi connectivity index (χ4n) is 2.94. The molecule has 0 unspecified atom stereocenters. The second kappa shape index (κ2) is 7.21. The monoisotopic (exact) mass is 333 g/mol. The van der Waals surface area contributed by atoms with Crippen molar-refractivity contribution in [2.45, 2.75) is 38.8 Å². The third kappa shape index (κ3) is 3.70. The maximum Gasteiger partial charge on any atom is 0.325 e. The largest absolute Gasteiger partial charge is 0.496 e. The average molecular weight is 333 g/mol. The first-order valence-corrected chi connectivity index (χ1v) is 8.25. The number of carbonyl (C=O) groups is 2. The van der Waals surface area contributed by atoms with Crippen LogP contribution < -0.4 is 10.1 Å². The number of amides is 3. The Hall–Kier alpha value is -2.08. The minimum Gasteiger partial charge on any atom is -0.496 e. The number of ether oxygens (including phenoxy) is 1. The molecule has 0 radical (unpaired) electrons. The van der Waals surface area contributed by atoms with Gasteiger partial charge in [0, 0.05) is 24.7 Å². The van der Waals surface area contributed by atoms with Crippen molar-refractivity contribution in [3.63, 3.8) is 0 Å². The first-order chi connectivity index (χ1) is 11.3. The summed E-state index contributed by atoms with van der Waals surface area (Å²) in [6, 6.07) is 7.84.